The number of carbonyl (C=O) groups excluding carboxylic acids is 2. The van der Waals surface area contributed by atoms with E-state index in [2.05, 4.69) is 15.5 Å². The lowest BCUT2D eigenvalue weighted by Crippen LogP contribution is -2.40. The zero-order valence-corrected chi connectivity index (χ0v) is 14.0. The third-order valence-electron chi connectivity index (χ3n) is 4.44. The van der Waals surface area contributed by atoms with Crippen LogP contribution in [0.25, 0.3) is 11.3 Å². The number of likely N-dealkylation sites (tertiary alicyclic amines) is 1. The van der Waals surface area contributed by atoms with Crippen molar-refractivity contribution >= 4 is 17.5 Å². The van der Waals surface area contributed by atoms with Crippen LogP contribution in [0.1, 0.15) is 25.5 Å². The zero-order valence-electron chi connectivity index (χ0n) is 14.0. The molecule has 1 aliphatic rings. The van der Waals surface area contributed by atoms with Gasteiger partial charge in [0.25, 0.3) is 0 Å². The molecule has 2 aromatic rings. The van der Waals surface area contributed by atoms with Crippen molar-refractivity contribution in [2.24, 2.45) is 5.92 Å². The minimum Gasteiger partial charge on any atom is -0.343 e. The van der Waals surface area contributed by atoms with Crippen LogP contribution >= 0.6 is 0 Å². The molecule has 1 aromatic heterocycles. The summed E-state index contributed by atoms with van der Waals surface area (Å²) in [5.74, 6) is 0.0568. The Bertz CT molecular complexity index is 745. The maximum atomic E-state index is 12.5. The summed E-state index contributed by atoms with van der Waals surface area (Å²) < 4.78 is 0. The van der Waals surface area contributed by atoms with Gasteiger partial charge in [-0.2, -0.15) is 5.10 Å². The van der Waals surface area contributed by atoms with Crippen LogP contribution in [0.2, 0.25) is 0 Å². The van der Waals surface area contributed by atoms with E-state index in [1.54, 1.807) is 11.8 Å². The number of piperidine rings is 1. The molecule has 0 radical (unpaired) electrons. The van der Waals surface area contributed by atoms with Crippen LogP contribution in [0, 0.1) is 12.8 Å². The van der Waals surface area contributed by atoms with E-state index in [0.29, 0.717) is 25.9 Å². The molecular weight excluding hydrogens is 304 g/mol. The molecule has 0 bridgehead atoms. The highest BCUT2D eigenvalue weighted by Gasteiger charge is 2.26. The smallest absolute Gasteiger partial charge is 0.227 e. The molecule has 6 nitrogen and oxygen atoms in total. The van der Waals surface area contributed by atoms with Crippen LogP contribution < -0.4 is 5.32 Å². The fraction of sp³-hybridized carbons (Fsp3) is 0.389. The van der Waals surface area contributed by atoms with E-state index < -0.39 is 0 Å². The number of amides is 2. The van der Waals surface area contributed by atoms with Crippen molar-refractivity contribution in [3.8, 4) is 11.3 Å². The Morgan fingerprint density at radius 2 is 2.00 bits per heavy atom. The lowest BCUT2D eigenvalue weighted by Gasteiger charge is -2.30. The van der Waals surface area contributed by atoms with Gasteiger partial charge >= 0.3 is 0 Å². The molecular formula is C18H22N4O2. The predicted octanol–water partition coefficient (Wildman–Crippen LogP) is 2.58. The molecule has 24 heavy (non-hydrogen) atoms. The van der Waals surface area contributed by atoms with Crippen molar-refractivity contribution in [1.29, 1.82) is 0 Å². The largest absolute Gasteiger partial charge is 0.343 e. The van der Waals surface area contributed by atoms with Crippen LogP contribution in [0.3, 0.4) is 0 Å². The molecule has 0 atom stereocenters. The average Bonchev–Trinajstić information content (AvgIpc) is 3.02. The van der Waals surface area contributed by atoms with E-state index in [9.17, 15) is 9.59 Å². The molecule has 0 spiro atoms. The maximum absolute atomic E-state index is 12.5. The molecule has 2 heterocycles. The van der Waals surface area contributed by atoms with Gasteiger partial charge in [0.05, 0.1) is 5.69 Å². The zero-order chi connectivity index (χ0) is 17.1. The number of H-pyrrole nitrogens is 1. The Morgan fingerprint density at radius 1 is 1.25 bits per heavy atom. The Morgan fingerprint density at radius 3 is 2.62 bits per heavy atom. The highest BCUT2D eigenvalue weighted by Crippen LogP contribution is 2.23. The van der Waals surface area contributed by atoms with Gasteiger partial charge in [0, 0.05) is 42.9 Å². The molecule has 6 heteroatoms. The summed E-state index contributed by atoms with van der Waals surface area (Å²) in [4.78, 5) is 25.6. The quantitative estimate of drug-likeness (QED) is 0.910. The molecule has 0 saturated carbocycles. The first-order valence-electron chi connectivity index (χ1n) is 8.22. The number of aromatic amines is 1. The lowest BCUT2D eigenvalue weighted by atomic mass is 9.95. The molecule has 1 aliphatic heterocycles. The van der Waals surface area contributed by atoms with Gasteiger partial charge in [-0.3, -0.25) is 14.7 Å². The molecule has 0 unspecified atom stereocenters. The SMILES string of the molecule is CC(=O)N1CCC(C(=O)Nc2cccc(-c3cc(C)[nH]n3)c2)CC1. The number of benzene rings is 1. The maximum Gasteiger partial charge on any atom is 0.227 e. The highest BCUT2D eigenvalue weighted by molar-refractivity contribution is 5.93. The molecule has 2 N–H and O–H groups in total. The van der Waals surface area contributed by atoms with Gasteiger partial charge in [0.2, 0.25) is 11.8 Å². The van der Waals surface area contributed by atoms with E-state index in [-0.39, 0.29) is 17.7 Å². The first-order chi connectivity index (χ1) is 11.5. The van der Waals surface area contributed by atoms with Gasteiger partial charge in [-0.05, 0) is 38.0 Å². The van der Waals surface area contributed by atoms with E-state index in [4.69, 9.17) is 0 Å². The number of carbonyl (C=O) groups is 2. The normalized spacial score (nSPS) is 15.3. The van der Waals surface area contributed by atoms with E-state index in [1.807, 2.05) is 37.3 Å². The molecule has 126 valence electrons. The van der Waals surface area contributed by atoms with Gasteiger partial charge < -0.3 is 10.2 Å². The van der Waals surface area contributed by atoms with Crippen molar-refractivity contribution in [3.05, 3.63) is 36.0 Å². The molecule has 2 amide bonds. The van der Waals surface area contributed by atoms with Gasteiger partial charge in [0.1, 0.15) is 0 Å². The Hall–Kier alpha value is -2.63. The Balaban J connectivity index is 1.64. The summed E-state index contributed by atoms with van der Waals surface area (Å²) in [7, 11) is 0. The van der Waals surface area contributed by atoms with Crippen molar-refractivity contribution in [2.45, 2.75) is 26.7 Å². The molecule has 3 rings (SSSR count). The van der Waals surface area contributed by atoms with Crippen LogP contribution in [-0.2, 0) is 9.59 Å². The summed E-state index contributed by atoms with van der Waals surface area (Å²) in [6.45, 7) is 4.83. The Labute approximate surface area is 141 Å². The number of hydrogen-bond acceptors (Lipinski definition) is 3. The van der Waals surface area contributed by atoms with Gasteiger partial charge in [-0.15, -0.1) is 0 Å². The minimum absolute atomic E-state index is 0.0218. The van der Waals surface area contributed by atoms with Gasteiger partial charge in [-0.25, -0.2) is 0 Å². The second-order valence-corrected chi connectivity index (χ2v) is 6.29. The highest BCUT2D eigenvalue weighted by atomic mass is 16.2. The second kappa shape index (κ2) is 6.86. The first kappa shape index (κ1) is 16.2. The molecule has 0 aliphatic carbocycles. The van der Waals surface area contributed by atoms with Crippen LogP contribution in [0.4, 0.5) is 5.69 Å². The molecule has 1 aromatic carbocycles. The van der Waals surface area contributed by atoms with E-state index in [0.717, 1.165) is 22.6 Å². The predicted molar refractivity (Wildman–Crippen MR) is 92.4 cm³/mol. The third-order valence-corrected chi connectivity index (χ3v) is 4.44. The van der Waals surface area contributed by atoms with Gasteiger partial charge in [0.15, 0.2) is 0 Å². The minimum atomic E-state index is -0.0446. The number of rotatable bonds is 3. The molecule has 1 fully saturated rings. The van der Waals surface area contributed by atoms with Crippen molar-refractivity contribution < 1.29 is 9.59 Å². The topological polar surface area (TPSA) is 78.1 Å². The average molecular weight is 326 g/mol. The van der Waals surface area contributed by atoms with Gasteiger partial charge in [-0.1, -0.05) is 12.1 Å². The van der Waals surface area contributed by atoms with Crippen molar-refractivity contribution in [1.82, 2.24) is 15.1 Å². The summed E-state index contributed by atoms with van der Waals surface area (Å²) in [6, 6.07) is 9.66. The van der Waals surface area contributed by atoms with Crippen molar-refractivity contribution in [2.75, 3.05) is 18.4 Å². The fourth-order valence-electron chi connectivity index (χ4n) is 3.02. The number of nitrogens with one attached hydrogen (secondary N) is 2. The number of aromatic nitrogens is 2. The summed E-state index contributed by atoms with van der Waals surface area (Å²) in [5.41, 5.74) is 3.59. The van der Waals surface area contributed by atoms with E-state index >= 15 is 0 Å². The Kier molecular flexibility index (Phi) is 4.64. The third kappa shape index (κ3) is 3.64. The van der Waals surface area contributed by atoms with Crippen molar-refractivity contribution in [3.63, 3.8) is 0 Å². The van der Waals surface area contributed by atoms with E-state index in [1.165, 1.54) is 0 Å². The summed E-state index contributed by atoms with van der Waals surface area (Å²) >= 11 is 0. The van der Waals surface area contributed by atoms with Crippen LogP contribution in [0.15, 0.2) is 30.3 Å². The van der Waals surface area contributed by atoms with Crippen LogP contribution in [-0.4, -0.2) is 40.0 Å². The number of anilines is 1. The summed E-state index contributed by atoms with van der Waals surface area (Å²) in [5, 5.41) is 10.2. The van der Waals surface area contributed by atoms with Crippen LogP contribution in [0.5, 0.6) is 0 Å². The summed E-state index contributed by atoms with van der Waals surface area (Å²) in [6.07, 6.45) is 1.42. The molecule has 1 saturated heterocycles. The standard InChI is InChI=1S/C18H22N4O2/c1-12-10-17(21-20-12)15-4-3-5-16(11-15)19-18(24)14-6-8-22(9-7-14)13(2)23/h3-5,10-11,14H,6-9H2,1-2H3,(H,19,24)(H,20,21). The second-order valence-electron chi connectivity index (χ2n) is 6.29. The monoisotopic (exact) mass is 326 g/mol. The number of hydrogen-bond donors (Lipinski definition) is 2. The lowest BCUT2D eigenvalue weighted by molar-refractivity contribution is -0.132. The first-order valence-corrected chi connectivity index (χ1v) is 8.22. The fourth-order valence-corrected chi connectivity index (χ4v) is 3.02. The number of aryl methyl sites for hydroxylation is 1. The number of nitrogens with zero attached hydrogens (tertiary/aromatic N) is 2.